The molecule has 0 radical (unpaired) electrons. The van der Waals surface area contributed by atoms with E-state index in [-0.39, 0.29) is 23.5 Å². The minimum absolute atomic E-state index is 0.124. The molecule has 0 saturated heterocycles. The lowest BCUT2D eigenvalue weighted by Crippen LogP contribution is -2.35. The van der Waals surface area contributed by atoms with Crippen LogP contribution in [-0.4, -0.2) is 61.0 Å². The van der Waals surface area contributed by atoms with Crippen molar-refractivity contribution in [2.75, 3.05) is 25.6 Å². The summed E-state index contributed by atoms with van der Waals surface area (Å²) in [7, 11) is 1.30. The zero-order chi connectivity index (χ0) is 20.6. The van der Waals surface area contributed by atoms with E-state index in [9.17, 15) is 8.42 Å². The summed E-state index contributed by atoms with van der Waals surface area (Å²) in [6.45, 7) is 1.73. The molecule has 8 heteroatoms. The van der Waals surface area contributed by atoms with Gasteiger partial charge in [0.25, 0.3) is 0 Å². The van der Waals surface area contributed by atoms with Crippen molar-refractivity contribution >= 4 is 21.6 Å². The first-order chi connectivity index (χ1) is 13.9. The van der Waals surface area contributed by atoms with Gasteiger partial charge in [-0.2, -0.15) is 0 Å². The Kier molecular flexibility index (Phi) is 6.23. The summed E-state index contributed by atoms with van der Waals surface area (Å²) < 4.78 is 30.8. The summed E-state index contributed by atoms with van der Waals surface area (Å²) in [5, 5.41) is 0.981. The third-order valence-corrected chi connectivity index (χ3v) is 9.62. The lowest BCUT2D eigenvalue weighted by Gasteiger charge is -2.33. The minimum Gasteiger partial charge on any atom is -0.474 e. The van der Waals surface area contributed by atoms with Crippen LogP contribution in [0.1, 0.15) is 51.0 Å². The molecule has 1 saturated carbocycles. The van der Waals surface area contributed by atoms with E-state index in [1.54, 1.807) is 25.0 Å². The van der Waals surface area contributed by atoms with E-state index < -0.39 is 9.84 Å². The van der Waals surface area contributed by atoms with Gasteiger partial charge in [-0.1, -0.05) is 24.3 Å². The highest BCUT2D eigenvalue weighted by Crippen LogP contribution is 2.49. The monoisotopic (exact) mass is 437 g/mol. The molecule has 1 aromatic heterocycles. The van der Waals surface area contributed by atoms with E-state index in [0.29, 0.717) is 11.9 Å². The number of fused-ring (bicyclic) bond motifs is 1. The van der Waals surface area contributed by atoms with Crippen LogP contribution in [0.4, 0.5) is 0 Å². The number of allylic oxidation sites excluding steroid dienone is 2. The van der Waals surface area contributed by atoms with Crippen molar-refractivity contribution in [2.45, 2.75) is 69.0 Å². The van der Waals surface area contributed by atoms with E-state index in [0.717, 1.165) is 55.5 Å². The Morgan fingerprint density at radius 1 is 1.17 bits per heavy atom. The normalized spacial score (nSPS) is 27.1. The molecule has 1 unspecified atom stereocenters. The lowest BCUT2D eigenvalue weighted by atomic mass is 9.92. The minimum atomic E-state index is -2.99. The SMILES string of the molecule is CCS(=O)(=O)CC1CCC2=C1Cc1c(OC3CCC(N(C)C)CC3)ncnc1S2. The molecule has 2 aliphatic carbocycles. The summed E-state index contributed by atoms with van der Waals surface area (Å²) in [6.07, 6.45) is 8.78. The molecular weight excluding hydrogens is 406 g/mol. The maximum atomic E-state index is 12.2. The summed E-state index contributed by atoms with van der Waals surface area (Å²) in [4.78, 5) is 12.6. The van der Waals surface area contributed by atoms with Gasteiger partial charge in [-0.25, -0.2) is 18.4 Å². The van der Waals surface area contributed by atoms with Gasteiger partial charge in [0.05, 0.1) is 11.3 Å². The molecule has 1 fully saturated rings. The molecule has 1 atom stereocenters. The first-order valence-electron chi connectivity index (χ1n) is 10.6. The highest BCUT2D eigenvalue weighted by Gasteiger charge is 2.35. The van der Waals surface area contributed by atoms with Crippen molar-refractivity contribution in [3.8, 4) is 5.88 Å². The molecule has 0 aromatic carbocycles. The number of rotatable bonds is 6. The van der Waals surface area contributed by atoms with Gasteiger partial charge in [-0.3, -0.25) is 0 Å². The molecule has 1 aliphatic heterocycles. The van der Waals surface area contributed by atoms with Crippen LogP contribution in [0.5, 0.6) is 5.88 Å². The van der Waals surface area contributed by atoms with Gasteiger partial charge in [0, 0.05) is 18.2 Å². The zero-order valence-corrected chi connectivity index (χ0v) is 19.2. The lowest BCUT2D eigenvalue weighted by molar-refractivity contribution is 0.106. The number of aromatic nitrogens is 2. The van der Waals surface area contributed by atoms with Crippen LogP contribution in [0.25, 0.3) is 0 Å². The smallest absolute Gasteiger partial charge is 0.221 e. The Morgan fingerprint density at radius 3 is 2.62 bits per heavy atom. The van der Waals surface area contributed by atoms with Crippen molar-refractivity contribution < 1.29 is 13.2 Å². The fourth-order valence-electron chi connectivity index (χ4n) is 4.70. The van der Waals surface area contributed by atoms with Gasteiger partial charge >= 0.3 is 0 Å². The second-order valence-corrected chi connectivity index (χ2v) is 12.1. The summed E-state index contributed by atoms with van der Waals surface area (Å²) >= 11 is 1.69. The first-order valence-corrected chi connectivity index (χ1v) is 13.3. The Bertz CT molecular complexity index is 890. The number of thioether (sulfide) groups is 1. The van der Waals surface area contributed by atoms with Crippen molar-refractivity contribution in [3.63, 3.8) is 0 Å². The second-order valence-electron chi connectivity index (χ2n) is 8.64. The van der Waals surface area contributed by atoms with E-state index >= 15 is 0 Å². The Balaban J connectivity index is 1.48. The van der Waals surface area contributed by atoms with Crippen LogP contribution >= 0.6 is 11.8 Å². The second kappa shape index (κ2) is 8.55. The molecule has 0 N–H and O–H groups in total. The zero-order valence-electron chi connectivity index (χ0n) is 17.6. The number of ether oxygens (including phenoxy) is 1. The molecule has 6 nitrogen and oxygen atoms in total. The molecule has 0 spiro atoms. The number of sulfone groups is 1. The Morgan fingerprint density at radius 2 is 1.93 bits per heavy atom. The van der Waals surface area contributed by atoms with Gasteiger partial charge in [-0.15, -0.1) is 0 Å². The van der Waals surface area contributed by atoms with Crippen LogP contribution in [-0.2, 0) is 16.3 Å². The van der Waals surface area contributed by atoms with E-state index in [2.05, 4.69) is 29.0 Å². The van der Waals surface area contributed by atoms with E-state index in [4.69, 9.17) is 4.74 Å². The summed E-state index contributed by atoms with van der Waals surface area (Å²) in [6, 6.07) is 0.636. The summed E-state index contributed by atoms with van der Waals surface area (Å²) in [5.74, 6) is 1.30. The topological polar surface area (TPSA) is 72.4 Å². The maximum absolute atomic E-state index is 12.2. The molecule has 160 valence electrons. The average molecular weight is 438 g/mol. The quantitative estimate of drug-likeness (QED) is 0.631. The van der Waals surface area contributed by atoms with Gasteiger partial charge < -0.3 is 9.64 Å². The predicted molar refractivity (Wildman–Crippen MR) is 116 cm³/mol. The first kappa shape index (κ1) is 21.1. The van der Waals surface area contributed by atoms with Crippen LogP contribution in [0.15, 0.2) is 21.8 Å². The third-order valence-electron chi connectivity index (χ3n) is 6.57. The van der Waals surface area contributed by atoms with Gasteiger partial charge in [0.15, 0.2) is 9.84 Å². The molecule has 1 aromatic rings. The Hall–Kier alpha value is -1.12. The number of hydrogen-bond acceptors (Lipinski definition) is 7. The average Bonchev–Trinajstić information content (AvgIpc) is 3.08. The van der Waals surface area contributed by atoms with E-state index in [1.807, 2.05) is 0 Å². The van der Waals surface area contributed by atoms with Crippen molar-refractivity contribution in [2.24, 2.45) is 5.92 Å². The largest absolute Gasteiger partial charge is 0.474 e. The fourth-order valence-corrected chi connectivity index (χ4v) is 7.12. The molecular formula is C21H31N3O3S2. The van der Waals surface area contributed by atoms with Crippen molar-refractivity contribution in [1.82, 2.24) is 14.9 Å². The van der Waals surface area contributed by atoms with Crippen LogP contribution < -0.4 is 4.74 Å². The van der Waals surface area contributed by atoms with Crippen LogP contribution in [0, 0.1) is 5.92 Å². The number of hydrogen-bond donors (Lipinski definition) is 0. The molecule has 3 aliphatic rings. The predicted octanol–water partition coefficient (Wildman–Crippen LogP) is 3.48. The molecule has 2 heterocycles. The highest BCUT2D eigenvalue weighted by atomic mass is 32.2. The number of nitrogens with zero attached hydrogens (tertiary/aromatic N) is 3. The fraction of sp³-hybridized carbons (Fsp3) is 0.714. The van der Waals surface area contributed by atoms with Crippen molar-refractivity contribution in [1.29, 1.82) is 0 Å². The van der Waals surface area contributed by atoms with Gasteiger partial charge in [-0.05, 0) is 63.4 Å². The molecule has 0 amide bonds. The van der Waals surface area contributed by atoms with E-state index in [1.165, 1.54) is 10.5 Å². The van der Waals surface area contributed by atoms with Crippen molar-refractivity contribution in [3.05, 3.63) is 22.4 Å². The maximum Gasteiger partial charge on any atom is 0.221 e. The van der Waals surface area contributed by atoms with Crippen LogP contribution in [0.2, 0.25) is 0 Å². The molecule has 29 heavy (non-hydrogen) atoms. The van der Waals surface area contributed by atoms with Gasteiger partial charge in [0.1, 0.15) is 17.5 Å². The van der Waals surface area contributed by atoms with Gasteiger partial charge in [0.2, 0.25) is 5.88 Å². The molecule has 4 rings (SSSR count). The third kappa shape index (κ3) is 4.64. The Labute approximate surface area is 178 Å². The van der Waals surface area contributed by atoms with Crippen LogP contribution in [0.3, 0.4) is 0 Å². The molecule has 0 bridgehead atoms. The standard InChI is InChI=1S/C21H31N3O3S2/c1-4-29(25,26)12-14-5-10-19-17(14)11-18-20(22-13-23-21(18)28-19)27-16-8-6-15(7-9-16)24(2)3/h13-16H,4-12H2,1-3H3. The summed E-state index contributed by atoms with van der Waals surface area (Å²) in [5.41, 5.74) is 2.32. The highest BCUT2D eigenvalue weighted by molar-refractivity contribution is 8.03.